The molecule has 4 aromatic rings. The van der Waals surface area contributed by atoms with Crippen molar-refractivity contribution >= 4 is 10.8 Å². The van der Waals surface area contributed by atoms with E-state index in [4.69, 9.17) is 4.74 Å². The molecule has 4 rings (SSSR count). The predicted octanol–water partition coefficient (Wildman–Crippen LogP) is 6.45. The van der Waals surface area contributed by atoms with Gasteiger partial charge in [0.2, 0.25) is 0 Å². The summed E-state index contributed by atoms with van der Waals surface area (Å²) < 4.78 is 46.2. The fraction of sp³-hybridized carbons (Fsp3) is 0.111. The Labute approximate surface area is 179 Å². The third kappa shape index (κ3) is 4.73. The van der Waals surface area contributed by atoms with Crippen molar-refractivity contribution in [2.45, 2.75) is 12.8 Å². The van der Waals surface area contributed by atoms with Gasteiger partial charge < -0.3 is 4.74 Å². The van der Waals surface area contributed by atoms with E-state index < -0.39 is 11.6 Å². The summed E-state index contributed by atoms with van der Waals surface area (Å²) in [6.45, 7) is 0. The zero-order valence-electron chi connectivity index (χ0n) is 16.9. The third-order valence-electron chi connectivity index (χ3n) is 5.16. The van der Waals surface area contributed by atoms with Crippen LogP contribution in [-0.4, -0.2) is 7.11 Å². The summed E-state index contributed by atoms with van der Waals surface area (Å²) in [6.07, 6.45) is 1.30. The number of hydrogen-bond acceptors (Lipinski definition) is 1. The van der Waals surface area contributed by atoms with Gasteiger partial charge in [-0.05, 0) is 65.8 Å². The van der Waals surface area contributed by atoms with Gasteiger partial charge in [-0.1, -0.05) is 42.2 Å². The summed E-state index contributed by atoms with van der Waals surface area (Å²) in [4.78, 5) is 0. The van der Waals surface area contributed by atoms with E-state index in [2.05, 4.69) is 11.8 Å². The van der Waals surface area contributed by atoms with Gasteiger partial charge in [0.05, 0.1) is 7.11 Å². The highest BCUT2D eigenvalue weighted by Crippen LogP contribution is 2.21. The molecule has 1 nitrogen and oxygen atoms in total. The number of methoxy groups -OCH3 is 1. The van der Waals surface area contributed by atoms with E-state index in [-0.39, 0.29) is 11.2 Å². The normalized spacial score (nSPS) is 10.6. The average molecular weight is 416 g/mol. The first-order valence-electron chi connectivity index (χ1n) is 9.84. The summed E-state index contributed by atoms with van der Waals surface area (Å²) in [5, 5.41) is 0.843. The van der Waals surface area contributed by atoms with Gasteiger partial charge in [-0.3, -0.25) is 0 Å². The smallest absolute Gasteiger partial charge is 0.166 e. The predicted molar refractivity (Wildman–Crippen MR) is 117 cm³/mol. The van der Waals surface area contributed by atoms with Crippen LogP contribution in [0.2, 0.25) is 0 Å². The largest absolute Gasteiger partial charge is 0.497 e. The molecule has 0 aliphatic carbocycles. The topological polar surface area (TPSA) is 9.23 Å². The molecule has 0 unspecified atom stereocenters. The molecule has 4 heteroatoms. The van der Waals surface area contributed by atoms with Crippen LogP contribution in [0.3, 0.4) is 0 Å². The highest BCUT2D eigenvalue weighted by atomic mass is 19.2. The Balaban J connectivity index is 1.44. The van der Waals surface area contributed by atoms with Gasteiger partial charge in [-0.15, -0.1) is 0 Å². The van der Waals surface area contributed by atoms with E-state index in [0.29, 0.717) is 29.5 Å². The molecule has 0 spiro atoms. The molecule has 0 N–H and O–H groups in total. The van der Waals surface area contributed by atoms with Crippen molar-refractivity contribution in [1.82, 2.24) is 0 Å². The maximum absolute atomic E-state index is 14.1. The number of aryl methyl sites for hydroxylation is 2. The molecule has 0 aromatic heterocycles. The summed E-state index contributed by atoms with van der Waals surface area (Å²) in [6, 6.07) is 20.3. The number of benzene rings is 4. The minimum Gasteiger partial charge on any atom is -0.497 e. The number of ether oxygens (including phenoxy) is 1. The molecule has 4 aromatic carbocycles. The molecule has 0 atom stereocenters. The van der Waals surface area contributed by atoms with Crippen LogP contribution in [0.5, 0.6) is 5.75 Å². The standard InChI is InChI=1S/C27H19F3O/c1-31-23-13-11-21(26(29)17-23)10-8-19-4-2-18(3-5-19)6-7-20-9-14-24-22(16-20)12-15-25(28)27(24)30/h2-5,9,11-17H,8,10H2,1H3. The Morgan fingerprint density at radius 3 is 2.19 bits per heavy atom. The van der Waals surface area contributed by atoms with Gasteiger partial charge in [-0.25, -0.2) is 13.2 Å². The second-order valence-electron chi connectivity index (χ2n) is 7.20. The van der Waals surface area contributed by atoms with Crippen LogP contribution < -0.4 is 4.74 Å². The Morgan fingerprint density at radius 1 is 0.710 bits per heavy atom. The van der Waals surface area contributed by atoms with Gasteiger partial charge >= 0.3 is 0 Å². The first-order chi connectivity index (χ1) is 15.0. The van der Waals surface area contributed by atoms with Crippen LogP contribution in [-0.2, 0) is 12.8 Å². The molecular weight excluding hydrogens is 397 g/mol. The van der Waals surface area contributed by atoms with Crippen molar-refractivity contribution < 1.29 is 17.9 Å². The number of halogens is 3. The van der Waals surface area contributed by atoms with Gasteiger partial charge in [0.15, 0.2) is 11.6 Å². The van der Waals surface area contributed by atoms with E-state index in [1.807, 2.05) is 24.3 Å². The van der Waals surface area contributed by atoms with E-state index in [1.165, 1.54) is 13.2 Å². The van der Waals surface area contributed by atoms with Crippen LogP contribution in [0, 0.1) is 29.3 Å². The first kappa shape index (κ1) is 20.6. The van der Waals surface area contributed by atoms with Crippen LogP contribution in [0.25, 0.3) is 10.8 Å². The zero-order valence-corrected chi connectivity index (χ0v) is 16.9. The summed E-state index contributed by atoms with van der Waals surface area (Å²) in [5.74, 6) is 4.68. The van der Waals surface area contributed by atoms with Crippen molar-refractivity contribution in [1.29, 1.82) is 0 Å². The van der Waals surface area contributed by atoms with Crippen LogP contribution in [0.4, 0.5) is 13.2 Å². The maximum Gasteiger partial charge on any atom is 0.166 e. The summed E-state index contributed by atoms with van der Waals surface area (Å²) in [7, 11) is 1.51. The Hall–Kier alpha value is -3.71. The monoisotopic (exact) mass is 416 g/mol. The van der Waals surface area contributed by atoms with Crippen molar-refractivity contribution in [3.05, 3.63) is 113 Å². The highest BCUT2D eigenvalue weighted by molar-refractivity contribution is 5.84. The van der Waals surface area contributed by atoms with E-state index >= 15 is 0 Å². The Morgan fingerprint density at radius 2 is 1.45 bits per heavy atom. The minimum atomic E-state index is -0.860. The highest BCUT2D eigenvalue weighted by Gasteiger charge is 2.07. The zero-order chi connectivity index (χ0) is 21.8. The molecule has 0 bridgehead atoms. The number of hydrogen-bond donors (Lipinski definition) is 0. The second-order valence-corrected chi connectivity index (χ2v) is 7.20. The van der Waals surface area contributed by atoms with E-state index in [9.17, 15) is 13.2 Å². The quantitative estimate of drug-likeness (QED) is 0.347. The molecule has 0 radical (unpaired) electrons. The van der Waals surface area contributed by atoms with Gasteiger partial charge in [0.1, 0.15) is 11.6 Å². The molecule has 0 saturated heterocycles. The molecule has 0 saturated carbocycles. The number of fused-ring (bicyclic) bond motifs is 1. The molecule has 31 heavy (non-hydrogen) atoms. The average Bonchev–Trinajstić information content (AvgIpc) is 2.80. The lowest BCUT2D eigenvalue weighted by Gasteiger charge is -2.06. The molecule has 0 heterocycles. The first-order valence-corrected chi connectivity index (χ1v) is 9.84. The Bertz CT molecular complexity index is 1300. The maximum atomic E-state index is 14.1. The molecule has 0 amide bonds. The van der Waals surface area contributed by atoms with E-state index in [0.717, 1.165) is 22.8 Å². The van der Waals surface area contributed by atoms with Crippen LogP contribution in [0.1, 0.15) is 22.3 Å². The fourth-order valence-electron chi connectivity index (χ4n) is 3.38. The molecule has 154 valence electrons. The molecular formula is C27H19F3O. The summed E-state index contributed by atoms with van der Waals surface area (Å²) >= 11 is 0. The van der Waals surface area contributed by atoms with Crippen LogP contribution in [0.15, 0.2) is 72.8 Å². The van der Waals surface area contributed by atoms with Crippen molar-refractivity contribution in [2.24, 2.45) is 0 Å². The lowest BCUT2D eigenvalue weighted by molar-refractivity contribution is 0.410. The molecule has 0 aliphatic heterocycles. The minimum absolute atomic E-state index is 0.239. The molecule has 0 fully saturated rings. The lowest BCUT2D eigenvalue weighted by Crippen LogP contribution is -1.96. The van der Waals surface area contributed by atoms with Gasteiger partial charge in [0, 0.05) is 22.6 Å². The lowest BCUT2D eigenvalue weighted by atomic mass is 10.0. The van der Waals surface area contributed by atoms with Crippen molar-refractivity contribution in [3.63, 3.8) is 0 Å². The second kappa shape index (κ2) is 8.97. The van der Waals surface area contributed by atoms with Crippen LogP contribution >= 0.6 is 0 Å². The van der Waals surface area contributed by atoms with Crippen molar-refractivity contribution in [2.75, 3.05) is 7.11 Å². The van der Waals surface area contributed by atoms with E-state index in [1.54, 1.807) is 36.4 Å². The fourth-order valence-corrected chi connectivity index (χ4v) is 3.38. The number of rotatable bonds is 4. The van der Waals surface area contributed by atoms with Gasteiger partial charge in [0.25, 0.3) is 0 Å². The summed E-state index contributed by atoms with van der Waals surface area (Å²) in [5.41, 5.74) is 3.29. The Kier molecular flexibility index (Phi) is 5.95. The van der Waals surface area contributed by atoms with Gasteiger partial charge in [-0.2, -0.15) is 0 Å². The SMILES string of the molecule is COc1ccc(CCc2ccc(C#Cc3ccc4c(F)c(F)ccc4c3)cc2)c(F)c1. The molecule has 0 aliphatic rings. The van der Waals surface area contributed by atoms with Crippen molar-refractivity contribution in [3.8, 4) is 17.6 Å². The third-order valence-corrected chi connectivity index (χ3v) is 5.16.